The summed E-state index contributed by atoms with van der Waals surface area (Å²) in [4.78, 5) is 12.3. The summed E-state index contributed by atoms with van der Waals surface area (Å²) < 4.78 is 0. The molecule has 5 heteroatoms. The van der Waals surface area contributed by atoms with Crippen LogP contribution in [-0.2, 0) is 10.2 Å². The molecule has 26 heavy (non-hydrogen) atoms. The molecule has 2 aromatic rings. The minimum atomic E-state index is -0.0590. The first-order chi connectivity index (χ1) is 12.3. The molecule has 2 atom stereocenters. The van der Waals surface area contributed by atoms with Crippen LogP contribution in [0.15, 0.2) is 47.6 Å². The lowest BCUT2D eigenvalue weighted by Crippen LogP contribution is -2.20. The van der Waals surface area contributed by atoms with Crippen molar-refractivity contribution in [3.05, 3.63) is 69.2 Å². The summed E-state index contributed by atoms with van der Waals surface area (Å²) in [6, 6.07) is 13.7. The Labute approximate surface area is 164 Å². The van der Waals surface area contributed by atoms with Crippen molar-refractivity contribution < 1.29 is 4.79 Å². The molecule has 3 rings (SSSR count). The van der Waals surface area contributed by atoms with Crippen LogP contribution in [0.25, 0.3) is 0 Å². The zero-order valence-corrected chi connectivity index (χ0v) is 16.6. The molecule has 0 unspecified atom stereocenters. The smallest absolute Gasteiger partial charge is 0.243 e. The van der Waals surface area contributed by atoms with E-state index in [0.29, 0.717) is 15.6 Å². The number of carbonyl (C=O) groups excluding carboxylic acids is 1. The Balaban J connectivity index is 1.56. The van der Waals surface area contributed by atoms with Gasteiger partial charge in [-0.3, -0.25) is 4.79 Å². The minimum absolute atomic E-state index is 0.0201. The maximum Gasteiger partial charge on any atom is 0.243 e. The molecule has 1 saturated carbocycles. The van der Waals surface area contributed by atoms with E-state index < -0.39 is 0 Å². The van der Waals surface area contributed by atoms with Crippen molar-refractivity contribution in [2.45, 2.75) is 38.5 Å². The number of nitrogens with one attached hydrogen (secondary N) is 1. The quantitative estimate of drug-likeness (QED) is 0.541. The van der Waals surface area contributed by atoms with Gasteiger partial charge in [0.25, 0.3) is 0 Å². The van der Waals surface area contributed by atoms with Crippen molar-refractivity contribution in [3.63, 3.8) is 0 Å². The van der Waals surface area contributed by atoms with Crippen LogP contribution in [0.5, 0.6) is 0 Å². The number of rotatable bonds is 4. The standard InChI is InChI=1S/C21H22Cl2N2O/c1-21(2,3)15-7-4-13(5-8-15)17-11-18(17)20(26)25-24-12-14-6-9-16(22)10-19(14)23/h4-10,12,17-18H,11H2,1-3H3,(H,25,26)/b24-12-/t17-,18+/m1/s1. The van der Waals surface area contributed by atoms with Crippen LogP contribution in [0, 0.1) is 5.92 Å². The van der Waals surface area contributed by atoms with Gasteiger partial charge in [0.15, 0.2) is 0 Å². The zero-order valence-electron chi connectivity index (χ0n) is 15.1. The molecule has 0 heterocycles. The van der Waals surface area contributed by atoms with Crippen LogP contribution in [0.4, 0.5) is 0 Å². The molecular formula is C21H22Cl2N2O. The Morgan fingerprint density at radius 3 is 2.46 bits per heavy atom. The molecule has 1 aliphatic rings. The number of hydrogen-bond acceptors (Lipinski definition) is 2. The highest BCUT2D eigenvalue weighted by atomic mass is 35.5. The van der Waals surface area contributed by atoms with E-state index in [-0.39, 0.29) is 23.2 Å². The lowest BCUT2D eigenvalue weighted by atomic mass is 9.86. The summed E-state index contributed by atoms with van der Waals surface area (Å²) in [6.45, 7) is 6.58. The van der Waals surface area contributed by atoms with Crippen LogP contribution >= 0.6 is 23.2 Å². The Morgan fingerprint density at radius 2 is 1.85 bits per heavy atom. The number of nitrogens with zero attached hydrogens (tertiary/aromatic N) is 1. The van der Waals surface area contributed by atoms with E-state index in [1.165, 1.54) is 17.3 Å². The van der Waals surface area contributed by atoms with Crippen molar-refractivity contribution >= 4 is 35.3 Å². The summed E-state index contributed by atoms with van der Waals surface area (Å²) in [5.41, 5.74) is 5.96. The van der Waals surface area contributed by atoms with E-state index in [1.54, 1.807) is 18.2 Å². The van der Waals surface area contributed by atoms with Crippen molar-refractivity contribution in [1.29, 1.82) is 0 Å². The van der Waals surface area contributed by atoms with Gasteiger partial charge in [-0.25, -0.2) is 5.43 Å². The summed E-state index contributed by atoms with van der Waals surface area (Å²) in [5.74, 6) is 0.197. The predicted molar refractivity (Wildman–Crippen MR) is 108 cm³/mol. The minimum Gasteiger partial charge on any atom is -0.273 e. The maximum absolute atomic E-state index is 12.3. The molecule has 1 N–H and O–H groups in total. The van der Waals surface area contributed by atoms with Crippen LogP contribution in [0.2, 0.25) is 10.0 Å². The fourth-order valence-corrected chi connectivity index (χ4v) is 3.40. The van der Waals surface area contributed by atoms with Gasteiger partial charge in [0.1, 0.15) is 0 Å². The van der Waals surface area contributed by atoms with Crippen molar-refractivity contribution in [2.24, 2.45) is 11.0 Å². The first-order valence-corrected chi connectivity index (χ1v) is 9.40. The highest BCUT2D eigenvalue weighted by Gasteiger charge is 2.43. The molecule has 0 saturated heterocycles. The molecule has 3 nitrogen and oxygen atoms in total. The van der Waals surface area contributed by atoms with Gasteiger partial charge in [0, 0.05) is 16.5 Å². The Hall–Kier alpha value is -1.84. The second-order valence-corrected chi connectivity index (χ2v) is 8.56. The van der Waals surface area contributed by atoms with Crippen molar-refractivity contribution in [3.8, 4) is 0 Å². The Bertz CT molecular complexity index is 838. The number of benzene rings is 2. The third-order valence-corrected chi connectivity index (χ3v) is 5.24. The fraction of sp³-hybridized carbons (Fsp3) is 0.333. The Morgan fingerprint density at radius 1 is 1.15 bits per heavy atom. The molecule has 0 spiro atoms. The van der Waals surface area contributed by atoms with E-state index in [4.69, 9.17) is 23.2 Å². The van der Waals surface area contributed by atoms with Crippen molar-refractivity contribution in [1.82, 2.24) is 5.43 Å². The third-order valence-electron chi connectivity index (χ3n) is 4.67. The topological polar surface area (TPSA) is 41.5 Å². The lowest BCUT2D eigenvalue weighted by molar-refractivity contribution is -0.122. The van der Waals surface area contributed by atoms with Crippen LogP contribution in [0.1, 0.15) is 49.8 Å². The summed E-state index contributed by atoms with van der Waals surface area (Å²) >= 11 is 11.9. The van der Waals surface area contributed by atoms with Crippen LogP contribution in [0.3, 0.4) is 0 Å². The highest BCUT2D eigenvalue weighted by Crippen LogP contribution is 2.47. The monoisotopic (exact) mass is 388 g/mol. The first kappa shape index (κ1) is 18.9. The molecule has 0 bridgehead atoms. The predicted octanol–water partition coefficient (Wildman–Crippen LogP) is 5.54. The summed E-state index contributed by atoms with van der Waals surface area (Å²) in [7, 11) is 0. The fourth-order valence-electron chi connectivity index (χ4n) is 2.94. The molecule has 136 valence electrons. The molecule has 2 aromatic carbocycles. The molecule has 1 amide bonds. The largest absolute Gasteiger partial charge is 0.273 e. The first-order valence-electron chi connectivity index (χ1n) is 8.64. The van der Waals surface area contributed by atoms with Gasteiger partial charge >= 0.3 is 0 Å². The van der Waals surface area contributed by atoms with Gasteiger partial charge < -0.3 is 0 Å². The molecular weight excluding hydrogens is 367 g/mol. The number of halogens is 2. The molecule has 0 aromatic heterocycles. The van der Waals surface area contributed by atoms with E-state index in [9.17, 15) is 4.79 Å². The second-order valence-electron chi connectivity index (χ2n) is 7.72. The van der Waals surface area contributed by atoms with Crippen LogP contribution < -0.4 is 5.43 Å². The average molecular weight is 389 g/mol. The summed E-state index contributed by atoms with van der Waals surface area (Å²) in [6.07, 6.45) is 2.39. The Kier molecular flexibility index (Phi) is 5.40. The number of hydrogen-bond donors (Lipinski definition) is 1. The van der Waals surface area contributed by atoms with Gasteiger partial charge in [-0.2, -0.15) is 5.10 Å². The second kappa shape index (κ2) is 7.42. The van der Waals surface area contributed by atoms with Gasteiger partial charge in [-0.05, 0) is 41.0 Å². The van der Waals surface area contributed by atoms with E-state index >= 15 is 0 Å². The van der Waals surface area contributed by atoms with Gasteiger partial charge in [0.2, 0.25) is 5.91 Å². The molecule has 1 aliphatic carbocycles. The van der Waals surface area contributed by atoms with E-state index in [1.807, 2.05) is 0 Å². The van der Waals surface area contributed by atoms with Crippen molar-refractivity contribution in [2.75, 3.05) is 0 Å². The summed E-state index contributed by atoms with van der Waals surface area (Å²) in [5, 5.41) is 5.08. The molecule has 0 aliphatic heterocycles. The maximum atomic E-state index is 12.3. The van der Waals surface area contributed by atoms with Crippen LogP contribution in [-0.4, -0.2) is 12.1 Å². The average Bonchev–Trinajstić information content (AvgIpc) is 3.37. The van der Waals surface area contributed by atoms with Gasteiger partial charge in [-0.15, -0.1) is 0 Å². The van der Waals surface area contributed by atoms with Gasteiger partial charge in [0.05, 0.1) is 11.2 Å². The SMILES string of the molecule is CC(C)(C)c1ccc([C@H]2C[C@@H]2C(=O)N/N=C\c2ccc(Cl)cc2Cl)cc1. The zero-order chi connectivity index (χ0) is 18.9. The normalized spacial score (nSPS) is 19.6. The molecule has 0 radical (unpaired) electrons. The molecule has 1 fully saturated rings. The number of carbonyl (C=O) groups is 1. The van der Waals surface area contributed by atoms with Gasteiger partial charge in [-0.1, -0.05) is 74.3 Å². The number of amides is 1. The third kappa shape index (κ3) is 4.46. The van der Waals surface area contributed by atoms with E-state index in [0.717, 1.165) is 6.42 Å². The lowest BCUT2D eigenvalue weighted by Gasteiger charge is -2.19. The number of hydrazone groups is 1. The van der Waals surface area contributed by atoms with E-state index in [2.05, 4.69) is 55.6 Å². The highest BCUT2D eigenvalue weighted by molar-refractivity contribution is 6.36.